The van der Waals surface area contributed by atoms with E-state index in [1.807, 2.05) is 24.3 Å². The minimum Gasteiger partial charge on any atom is -0.424 e. The van der Waals surface area contributed by atoms with Crippen LogP contribution in [-0.4, -0.2) is 47.1 Å². The maximum atomic E-state index is 11.3. The second kappa shape index (κ2) is 6.27. The first-order valence-electron chi connectivity index (χ1n) is 7.49. The minimum absolute atomic E-state index is 0.103. The molecule has 1 fully saturated rings. The van der Waals surface area contributed by atoms with Crippen LogP contribution < -0.4 is 4.90 Å². The van der Waals surface area contributed by atoms with Crippen molar-refractivity contribution in [2.75, 3.05) is 31.1 Å². The highest BCUT2D eigenvalue weighted by Gasteiger charge is 2.19. The molecule has 1 aliphatic heterocycles. The van der Waals surface area contributed by atoms with Crippen molar-refractivity contribution in [2.45, 2.75) is 20.4 Å². The highest BCUT2D eigenvalue weighted by Crippen LogP contribution is 2.18. The Labute approximate surface area is 129 Å². The standard InChI is InChI=1S/C16H20N4O2/c1-12(21)14-3-5-15(6-4-14)20-9-7-19(8-10-20)11-16-18-17-13(2)22-16/h3-6H,7-11H2,1-2H3. The smallest absolute Gasteiger partial charge is 0.230 e. The lowest BCUT2D eigenvalue weighted by atomic mass is 10.1. The van der Waals surface area contributed by atoms with E-state index in [1.165, 1.54) is 5.69 Å². The van der Waals surface area contributed by atoms with Gasteiger partial charge in [0.15, 0.2) is 5.78 Å². The van der Waals surface area contributed by atoms with Crippen molar-refractivity contribution in [1.29, 1.82) is 0 Å². The summed E-state index contributed by atoms with van der Waals surface area (Å²) in [4.78, 5) is 16.0. The molecular weight excluding hydrogens is 280 g/mol. The lowest BCUT2D eigenvalue weighted by molar-refractivity contribution is 0.101. The van der Waals surface area contributed by atoms with Crippen molar-refractivity contribution in [1.82, 2.24) is 15.1 Å². The molecule has 6 heteroatoms. The van der Waals surface area contributed by atoms with Crippen molar-refractivity contribution >= 4 is 11.5 Å². The fourth-order valence-electron chi connectivity index (χ4n) is 2.66. The maximum Gasteiger partial charge on any atom is 0.230 e. The number of hydrogen-bond acceptors (Lipinski definition) is 6. The molecule has 1 aromatic heterocycles. The summed E-state index contributed by atoms with van der Waals surface area (Å²) in [6.07, 6.45) is 0. The molecule has 1 aromatic carbocycles. The zero-order chi connectivity index (χ0) is 15.5. The van der Waals surface area contributed by atoms with Gasteiger partial charge in [0.25, 0.3) is 0 Å². The largest absolute Gasteiger partial charge is 0.424 e. The van der Waals surface area contributed by atoms with Crippen LogP contribution in [0.5, 0.6) is 0 Å². The van der Waals surface area contributed by atoms with Crippen LogP contribution in [-0.2, 0) is 6.54 Å². The number of hydrogen-bond donors (Lipinski definition) is 0. The summed E-state index contributed by atoms with van der Waals surface area (Å²) in [6, 6.07) is 7.83. The van der Waals surface area contributed by atoms with E-state index in [9.17, 15) is 4.79 Å². The van der Waals surface area contributed by atoms with E-state index in [0.717, 1.165) is 31.7 Å². The van der Waals surface area contributed by atoms with E-state index in [2.05, 4.69) is 20.0 Å². The third kappa shape index (κ3) is 3.33. The number of rotatable bonds is 4. The van der Waals surface area contributed by atoms with Gasteiger partial charge in [0.2, 0.25) is 11.8 Å². The third-order valence-electron chi connectivity index (χ3n) is 3.94. The van der Waals surface area contributed by atoms with E-state index in [0.29, 0.717) is 18.3 Å². The van der Waals surface area contributed by atoms with Crippen molar-refractivity contribution < 1.29 is 9.21 Å². The van der Waals surface area contributed by atoms with Gasteiger partial charge in [-0.3, -0.25) is 9.69 Å². The summed E-state index contributed by atoms with van der Waals surface area (Å²) in [6.45, 7) is 7.91. The van der Waals surface area contributed by atoms with Gasteiger partial charge in [-0.25, -0.2) is 0 Å². The Balaban J connectivity index is 1.56. The molecule has 0 amide bonds. The quantitative estimate of drug-likeness (QED) is 0.804. The normalized spacial score (nSPS) is 16.0. The topological polar surface area (TPSA) is 62.5 Å². The molecule has 0 aliphatic carbocycles. The molecule has 0 saturated carbocycles. The SMILES string of the molecule is CC(=O)c1ccc(N2CCN(Cc3nnc(C)o3)CC2)cc1. The highest BCUT2D eigenvalue weighted by molar-refractivity contribution is 5.94. The molecule has 6 nitrogen and oxygen atoms in total. The van der Waals surface area contributed by atoms with E-state index >= 15 is 0 Å². The van der Waals surface area contributed by atoms with Crippen molar-refractivity contribution in [3.05, 3.63) is 41.6 Å². The molecule has 2 heterocycles. The number of carbonyl (C=O) groups is 1. The van der Waals surface area contributed by atoms with Gasteiger partial charge in [-0.05, 0) is 31.2 Å². The minimum atomic E-state index is 0.103. The van der Waals surface area contributed by atoms with Gasteiger partial charge in [-0.15, -0.1) is 10.2 Å². The Kier molecular flexibility index (Phi) is 4.20. The third-order valence-corrected chi connectivity index (χ3v) is 3.94. The van der Waals surface area contributed by atoms with E-state index in [1.54, 1.807) is 13.8 Å². The molecule has 116 valence electrons. The fourth-order valence-corrected chi connectivity index (χ4v) is 2.66. The zero-order valence-corrected chi connectivity index (χ0v) is 13.0. The first kappa shape index (κ1) is 14.7. The van der Waals surface area contributed by atoms with Crippen molar-refractivity contribution in [3.8, 4) is 0 Å². The second-order valence-corrected chi connectivity index (χ2v) is 5.58. The van der Waals surface area contributed by atoms with Gasteiger partial charge in [-0.2, -0.15) is 0 Å². The number of carbonyl (C=O) groups excluding carboxylic acids is 1. The molecule has 3 rings (SSSR count). The van der Waals surface area contributed by atoms with Crippen LogP contribution in [0.25, 0.3) is 0 Å². The summed E-state index contributed by atoms with van der Waals surface area (Å²) in [5.74, 6) is 1.39. The van der Waals surface area contributed by atoms with Crippen LogP contribution in [0.15, 0.2) is 28.7 Å². The monoisotopic (exact) mass is 300 g/mol. The molecule has 0 spiro atoms. The average molecular weight is 300 g/mol. The number of aromatic nitrogens is 2. The molecule has 0 atom stereocenters. The number of piperazine rings is 1. The molecule has 0 unspecified atom stereocenters. The lowest BCUT2D eigenvalue weighted by Crippen LogP contribution is -2.46. The number of Topliss-reactive ketones (excluding diaryl/α,β-unsaturated/α-hetero) is 1. The number of benzene rings is 1. The molecule has 0 radical (unpaired) electrons. The Hall–Kier alpha value is -2.21. The molecule has 2 aromatic rings. The first-order chi connectivity index (χ1) is 10.6. The van der Waals surface area contributed by atoms with Crippen LogP contribution in [0.4, 0.5) is 5.69 Å². The maximum absolute atomic E-state index is 11.3. The number of anilines is 1. The molecule has 0 bridgehead atoms. The fraction of sp³-hybridized carbons (Fsp3) is 0.438. The van der Waals surface area contributed by atoms with Gasteiger partial charge in [0.1, 0.15) is 0 Å². The van der Waals surface area contributed by atoms with Gasteiger partial charge in [-0.1, -0.05) is 0 Å². The van der Waals surface area contributed by atoms with E-state index < -0.39 is 0 Å². The predicted molar refractivity (Wildman–Crippen MR) is 83.0 cm³/mol. The van der Waals surface area contributed by atoms with Gasteiger partial charge < -0.3 is 9.32 Å². The number of ketones is 1. The molecular formula is C16H20N4O2. The Morgan fingerprint density at radius 2 is 1.82 bits per heavy atom. The number of aryl methyl sites for hydroxylation is 1. The average Bonchev–Trinajstić information content (AvgIpc) is 2.93. The number of nitrogens with zero attached hydrogens (tertiary/aromatic N) is 4. The van der Waals surface area contributed by atoms with Crippen molar-refractivity contribution in [3.63, 3.8) is 0 Å². The lowest BCUT2D eigenvalue weighted by Gasteiger charge is -2.35. The van der Waals surface area contributed by atoms with Gasteiger partial charge in [0, 0.05) is 44.4 Å². The summed E-state index contributed by atoms with van der Waals surface area (Å²) in [5.41, 5.74) is 1.92. The van der Waals surface area contributed by atoms with Gasteiger partial charge in [0.05, 0.1) is 6.54 Å². The van der Waals surface area contributed by atoms with E-state index in [-0.39, 0.29) is 5.78 Å². The molecule has 0 N–H and O–H groups in total. The predicted octanol–water partition coefficient (Wildman–Crippen LogP) is 1.90. The van der Waals surface area contributed by atoms with Crippen LogP contribution in [0.1, 0.15) is 29.1 Å². The summed E-state index contributed by atoms with van der Waals surface area (Å²) in [5, 5.41) is 7.90. The summed E-state index contributed by atoms with van der Waals surface area (Å²) >= 11 is 0. The Morgan fingerprint density at radius 1 is 1.14 bits per heavy atom. The van der Waals surface area contributed by atoms with Crippen LogP contribution in [0.3, 0.4) is 0 Å². The van der Waals surface area contributed by atoms with Crippen LogP contribution >= 0.6 is 0 Å². The summed E-state index contributed by atoms with van der Waals surface area (Å²) < 4.78 is 5.42. The highest BCUT2D eigenvalue weighted by atomic mass is 16.4. The Bertz CT molecular complexity index is 642. The van der Waals surface area contributed by atoms with Gasteiger partial charge >= 0.3 is 0 Å². The van der Waals surface area contributed by atoms with Crippen LogP contribution in [0.2, 0.25) is 0 Å². The molecule has 22 heavy (non-hydrogen) atoms. The molecule has 1 aliphatic rings. The zero-order valence-electron chi connectivity index (χ0n) is 13.0. The van der Waals surface area contributed by atoms with Crippen LogP contribution in [0, 0.1) is 6.92 Å². The van der Waals surface area contributed by atoms with E-state index in [4.69, 9.17) is 4.42 Å². The second-order valence-electron chi connectivity index (χ2n) is 5.58. The van der Waals surface area contributed by atoms with Crippen molar-refractivity contribution in [2.24, 2.45) is 0 Å². The Morgan fingerprint density at radius 3 is 2.36 bits per heavy atom. The molecule has 1 saturated heterocycles. The summed E-state index contributed by atoms with van der Waals surface area (Å²) in [7, 11) is 0. The first-order valence-corrected chi connectivity index (χ1v) is 7.49.